The lowest BCUT2D eigenvalue weighted by molar-refractivity contribution is -0.128. The smallest absolute Gasteiger partial charge is 0.340 e. The number of benzene rings is 1. The van der Waals surface area contributed by atoms with Crippen LogP contribution in [0.4, 0.5) is 11.4 Å². The van der Waals surface area contributed by atoms with Crippen molar-refractivity contribution in [3.05, 3.63) is 23.8 Å². The van der Waals surface area contributed by atoms with E-state index in [1.54, 1.807) is 30.0 Å². The molecule has 116 valence electrons. The average molecular weight is 293 g/mol. The third-order valence-electron chi connectivity index (χ3n) is 3.15. The van der Waals surface area contributed by atoms with E-state index in [9.17, 15) is 9.59 Å². The highest BCUT2D eigenvalue weighted by Crippen LogP contribution is 2.23. The first-order valence-electron chi connectivity index (χ1n) is 7.12. The summed E-state index contributed by atoms with van der Waals surface area (Å²) >= 11 is 0. The number of amides is 1. The second-order valence-corrected chi connectivity index (χ2v) is 4.41. The van der Waals surface area contributed by atoms with Gasteiger partial charge in [-0.3, -0.25) is 4.79 Å². The van der Waals surface area contributed by atoms with Crippen molar-refractivity contribution in [2.45, 2.75) is 20.8 Å². The maximum atomic E-state index is 11.9. The first-order valence-corrected chi connectivity index (χ1v) is 7.12. The van der Waals surface area contributed by atoms with Crippen LogP contribution in [0.5, 0.6) is 0 Å². The van der Waals surface area contributed by atoms with Gasteiger partial charge in [-0.15, -0.1) is 0 Å². The Bertz CT molecular complexity index is 499. The van der Waals surface area contributed by atoms with Gasteiger partial charge in [0.15, 0.2) is 0 Å². The van der Waals surface area contributed by atoms with Crippen molar-refractivity contribution in [1.82, 2.24) is 4.90 Å². The van der Waals surface area contributed by atoms with Crippen LogP contribution in [0.25, 0.3) is 0 Å². The monoisotopic (exact) mass is 293 g/mol. The summed E-state index contributed by atoms with van der Waals surface area (Å²) in [4.78, 5) is 25.4. The summed E-state index contributed by atoms with van der Waals surface area (Å²) in [6, 6.07) is 5.03. The minimum absolute atomic E-state index is 0.0130. The summed E-state index contributed by atoms with van der Waals surface area (Å²) < 4.78 is 4.94. The molecule has 0 aliphatic rings. The Hall–Kier alpha value is -2.24. The molecule has 0 bridgehead atoms. The Morgan fingerprint density at radius 2 is 1.90 bits per heavy atom. The molecule has 0 aromatic heterocycles. The van der Waals surface area contributed by atoms with Gasteiger partial charge in [0.1, 0.15) is 0 Å². The lowest BCUT2D eigenvalue weighted by atomic mass is 10.1. The number of anilines is 2. The maximum absolute atomic E-state index is 11.9. The number of ether oxygens (including phenoxy) is 1. The molecule has 0 spiro atoms. The van der Waals surface area contributed by atoms with Gasteiger partial charge < -0.3 is 20.7 Å². The fraction of sp³-hybridized carbons (Fsp3) is 0.467. The van der Waals surface area contributed by atoms with Crippen LogP contribution in [0.3, 0.4) is 0 Å². The van der Waals surface area contributed by atoms with Crippen LogP contribution in [-0.4, -0.2) is 43.0 Å². The highest BCUT2D eigenvalue weighted by Gasteiger charge is 2.15. The van der Waals surface area contributed by atoms with E-state index >= 15 is 0 Å². The number of nitrogen functional groups attached to an aromatic ring is 1. The number of esters is 1. The van der Waals surface area contributed by atoms with Gasteiger partial charge in [0, 0.05) is 13.1 Å². The van der Waals surface area contributed by atoms with E-state index in [0.29, 0.717) is 30.0 Å². The number of likely N-dealkylation sites (N-methyl/N-ethyl adjacent to an activating group) is 1. The van der Waals surface area contributed by atoms with Crippen molar-refractivity contribution in [3.63, 3.8) is 0 Å². The molecule has 0 radical (unpaired) electrons. The molecule has 1 amide bonds. The molecule has 1 aromatic carbocycles. The second kappa shape index (κ2) is 8.14. The second-order valence-electron chi connectivity index (χ2n) is 4.41. The highest BCUT2D eigenvalue weighted by atomic mass is 16.5. The molecule has 6 nitrogen and oxygen atoms in total. The van der Waals surface area contributed by atoms with E-state index in [2.05, 4.69) is 5.32 Å². The quantitative estimate of drug-likeness (QED) is 0.590. The first kappa shape index (κ1) is 16.8. The fourth-order valence-electron chi connectivity index (χ4n) is 1.97. The molecule has 0 heterocycles. The maximum Gasteiger partial charge on any atom is 0.340 e. The Kier molecular flexibility index (Phi) is 6.52. The molecule has 6 heteroatoms. The normalized spacial score (nSPS) is 10.0. The zero-order chi connectivity index (χ0) is 15.8. The van der Waals surface area contributed by atoms with Crippen molar-refractivity contribution in [1.29, 1.82) is 0 Å². The minimum atomic E-state index is -0.464. The molecule has 0 aliphatic heterocycles. The van der Waals surface area contributed by atoms with Crippen molar-refractivity contribution in [2.24, 2.45) is 0 Å². The summed E-state index contributed by atoms with van der Waals surface area (Å²) in [6.45, 7) is 7.34. The van der Waals surface area contributed by atoms with Crippen LogP contribution in [0.1, 0.15) is 31.1 Å². The average Bonchev–Trinajstić information content (AvgIpc) is 2.47. The number of nitrogens with two attached hydrogens (primary N) is 1. The number of para-hydroxylation sites is 1. The van der Waals surface area contributed by atoms with E-state index in [4.69, 9.17) is 10.5 Å². The van der Waals surface area contributed by atoms with Gasteiger partial charge in [-0.05, 0) is 32.9 Å². The lowest BCUT2D eigenvalue weighted by Gasteiger charge is -2.19. The predicted octanol–water partition coefficient (Wildman–Crippen LogP) is 1.73. The third kappa shape index (κ3) is 4.37. The van der Waals surface area contributed by atoms with Crippen LogP contribution >= 0.6 is 0 Å². The Morgan fingerprint density at radius 1 is 1.24 bits per heavy atom. The Labute approximate surface area is 125 Å². The zero-order valence-corrected chi connectivity index (χ0v) is 12.8. The lowest BCUT2D eigenvalue weighted by Crippen LogP contribution is -2.35. The first-order chi connectivity index (χ1) is 10.0. The molecule has 1 rings (SSSR count). The molecule has 3 N–H and O–H groups in total. The number of carbonyl (C=O) groups is 2. The van der Waals surface area contributed by atoms with Crippen LogP contribution in [0.15, 0.2) is 18.2 Å². The van der Waals surface area contributed by atoms with Gasteiger partial charge in [0.05, 0.1) is 30.1 Å². The van der Waals surface area contributed by atoms with E-state index in [1.165, 1.54) is 0 Å². The number of nitrogens with one attached hydrogen (secondary N) is 1. The van der Waals surface area contributed by atoms with Crippen LogP contribution in [0.2, 0.25) is 0 Å². The standard InChI is InChI=1S/C15H23N3O3/c1-4-18(5-2)13(19)10-17-12-9-7-8-11(14(12)16)15(20)21-6-3/h7-9,17H,4-6,10,16H2,1-3H3. The van der Waals surface area contributed by atoms with E-state index in [1.807, 2.05) is 13.8 Å². The third-order valence-corrected chi connectivity index (χ3v) is 3.15. The molecule has 0 unspecified atom stereocenters. The van der Waals surface area contributed by atoms with Gasteiger partial charge in [-0.1, -0.05) is 6.07 Å². The van der Waals surface area contributed by atoms with Crippen LogP contribution < -0.4 is 11.1 Å². The molecule has 0 atom stereocenters. The molecule has 0 aliphatic carbocycles. The summed E-state index contributed by atoms with van der Waals surface area (Å²) in [7, 11) is 0. The number of carbonyl (C=O) groups excluding carboxylic acids is 2. The van der Waals surface area contributed by atoms with Gasteiger partial charge >= 0.3 is 5.97 Å². The largest absolute Gasteiger partial charge is 0.462 e. The molecule has 21 heavy (non-hydrogen) atoms. The topological polar surface area (TPSA) is 84.7 Å². The SMILES string of the molecule is CCOC(=O)c1cccc(NCC(=O)N(CC)CC)c1N. The summed E-state index contributed by atoms with van der Waals surface area (Å²) in [5.74, 6) is -0.477. The number of hydrogen-bond acceptors (Lipinski definition) is 5. The summed E-state index contributed by atoms with van der Waals surface area (Å²) in [5.41, 5.74) is 7.11. The Balaban J connectivity index is 2.79. The summed E-state index contributed by atoms with van der Waals surface area (Å²) in [6.07, 6.45) is 0. The van der Waals surface area contributed by atoms with Crippen molar-refractivity contribution >= 4 is 23.3 Å². The van der Waals surface area contributed by atoms with Crippen molar-refractivity contribution in [3.8, 4) is 0 Å². The zero-order valence-electron chi connectivity index (χ0n) is 12.8. The highest BCUT2D eigenvalue weighted by molar-refractivity contribution is 5.98. The van der Waals surface area contributed by atoms with Crippen molar-refractivity contribution in [2.75, 3.05) is 37.3 Å². The summed E-state index contributed by atoms with van der Waals surface area (Å²) in [5, 5.41) is 2.98. The Morgan fingerprint density at radius 3 is 2.48 bits per heavy atom. The van der Waals surface area contributed by atoms with Gasteiger partial charge in [0.25, 0.3) is 0 Å². The van der Waals surface area contributed by atoms with Crippen LogP contribution in [0, 0.1) is 0 Å². The van der Waals surface area contributed by atoms with Gasteiger partial charge in [-0.2, -0.15) is 0 Å². The minimum Gasteiger partial charge on any atom is -0.462 e. The number of hydrogen-bond donors (Lipinski definition) is 2. The molecule has 0 saturated heterocycles. The molecular formula is C15H23N3O3. The fourth-order valence-corrected chi connectivity index (χ4v) is 1.97. The number of rotatable bonds is 7. The van der Waals surface area contributed by atoms with Crippen LogP contribution in [-0.2, 0) is 9.53 Å². The molecular weight excluding hydrogens is 270 g/mol. The predicted molar refractivity (Wildman–Crippen MR) is 83.2 cm³/mol. The molecule has 0 saturated carbocycles. The van der Waals surface area contributed by atoms with E-state index in [0.717, 1.165) is 0 Å². The van der Waals surface area contributed by atoms with E-state index < -0.39 is 5.97 Å². The van der Waals surface area contributed by atoms with Crippen molar-refractivity contribution < 1.29 is 14.3 Å². The van der Waals surface area contributed by atoms with E-state index in [-0.39, 0.29) is 19.1 Å². The number of nitrogens with zero attached hydrogens (tertiary/aromatic N) is 1. The molecule has 1 aromatic rings. The van der Waals surface area contributed by atoms with Gasteiger partial charge in [-0.25, -0.2) is 4.79 Å². The van der Waals surface area contributed by atoms with Gasteiger partial charge in [0.2, 0.25) is 5.91 Å². The molecule has 0 fully saturated rings.